The lowest BCUT2D eigenvalue weighted by Crippen LogP contribution is -2.29. The van der Waals surface area contributed by atoms with Gasteiger partial charge in [0.05, 0.1) is 0 Å². The second kappa shape index (κ2) is 5.11. The van der Waals surface area contributed by atoms with Gasteiger partial charge in [-0.1, -0.05) is 0 Å². The van der Waals surface area contributed by atoms with Gasteiger partial charge in [0.2, 0.25) is 16.5 Å². The highest BCUT2D eigenvalue weighted by Gasteiger charge is 1.94. The quantitative estimate of drug-likeness (QED) is 0.781. The zero-order valence-electron chi connectivity index (χ0n) is 9.37. The van der Waals surface area contributed by atoms with E-state index in [2.05, 4.69) is 24.9 Å². The minimum Gasteiger partial charge on any atom is -0.301 e. The van der Waals surface area contributed by atoms with E-state index in [-0.39, 0.29) is 17.4 Å². The summed E-state index contributed by atoms with van der Waals surface area (Å²) in [6, 6.07) is 0.349. The zero-order valence-corrected chi connectivity index (χ0v) is 10.1. The van der Waals surface area contributed by atoms with Gasteiger partial charge in [0.25, 0.3) is 0 Å². The van der Waals surface area contributed by atoms with Gasteiger partial charge in [-0.25, -0.2) is 9.98 Å². The fourth-order valence-electron chi connectivity index (χ4n) is 1.01. The molecule has 0 saturated carbocycles. The molecular formula is C9H16ClN5. The van der Waals surface area contributed by atoms with E-state index in [0.29, 0.717) is 11.2 Å². The van der Waals surface area contributed by atoms with Crippen LogP contribution in [0.5, 0.6) is 0 Å². The van der Waals surface area contributed by atoms with Crippen LogP contribution in [-0.4, -0.2) is 27.0 Å². The number of rotatable bonds is 2. The highest BCUT2D eigenvalue weighted by Crippen LogP contribution is 1.89. The molecule has 15 heavy (non-hydrogen) atoms. The predicted octanol–water partition coefficient (Wildman–Crippen LogP) is 1.01. The molecule has 0 radical (unpaired) electrons. The van der Waals surface area contributed by atoms with E-state index in [4.69, 9.17) is 11.6 Å². The van der Waals surface area contributed by atoms with E-state index in [1.54, 1.807) is 0 Å². The Kier molecular flexibility index (Phi) is 4.08. The normalized spacial score (nSPS) is 14.3. The van der Waals surface area contributed by atoms with Gasteiger partial charge in [-0.3, -0.25) is 4.98 Å². The van der Waals surface area contributed by atoms with Crippen molar-refractivity contribution in [1.29, 1.82) is 0 Å². The van der Waals surface area contributed by atoms with Gasteiger partial charge in [-0.05, 0) is 39.3 Å². The number of hydrogen-bond donors (Lipinski definition) is 2. The Morgan fingerprint density at radius 1 is 1.07 bits per heavy atom. The third kappa shape index (κ3) is 4.29. The standard InChI is InChI=1S/C9H16ClN5/c1-5(2)11-8-13-7(10)14-9(15-8)12-6(3)4/h5-6H,1-4H3,(H2,11,12,13,14,15). The predicted molar refractivity (Wildman–Crippen MR) is 59.3 cm³/mol. The molecule has 6 heteroatoms. The first-order valence-electron chi connectivity index (χ1n) is 4.91. The van der Waals surface area contributed by atoms with Crippen molar-refractivity contribution >= 4 is 11.6 Å². The van der Waals surface area contributed by atoms with E-state index >= 15 is 0 Å². The minimum atomic E-state index is 0.166. The number of nitrogens with zero attached hydrogens (tertiary/aromatic N) is 3. The second-order valence-corrected chi connectivity index (χ2v) is 4.13. The number of H-pyrrole nitrogens is 2. The summed E-state index contributed by atoms with van der Waals surface area (Å²) in [6.07, 6.45) is 0. The summed E-state index contributed by atoms with van der Waals surface area (Å²) in [6.45, 7) is 7.91. The average Bonchev–Trinajstić information content (AvgIpc) is 1.98. The van der Waals surface area contributed by atoms with Crippen molar-refractivity contribution in [2.75, 3.05) is 0 Å². The first-order valence-corrected chi connectivity index (χ1v) is 5.29. The van der Waals surface area contributed by atoms with E-state index in [0.717, 1.165) is 0 Å². The molecule has 0 aliphatic rings. The molecule has 1 heterocycles. The molecule has 0 aliphatic heterocycles. The van der Waals surface area contributed by atoms with Crippen molar-refractivity contribution in [2.24, 2.45) is 9.98 Å². The van der Waals surface area contributed by atoms with Gasteiger partial charge in [-0.2, -0.15) is 4.98 Å². The molecule has 1 rings (SSSR count). The molecule has 0 aliphatic carbocycles. The molecule has 0 fully saturated rings. The van der Waals surface area contributed by atoms with Crippen LogP contribution in [0.3, 0.4) is 0 Å². The van der Waals surface area contributed by atoms with Crippen LogP contribution >= 0.6 is 11.6 Å². The molecule has 1 aromatic heterocycles. The summed E-state index contributed by atoms with van der Waals surface area (Å²) in [4.78, 5) is 18.3. The zero-order chi connectivity index (χ0) is 11.4. The summed E-state index contributed by atoms with van der Waals surface area (Å²) < 4.78 is 0. The molecule has 0 atom stereocenters. The molecule has 1 aromatic rings. The van der Waals surface area contributed by atoms with E-state index in [9.17, 15) is 0 Å². The van der Waals surface area contributed by atoms with Crippen LogP contribution in [0.2, 0.25) is 5.28 Å². The van der Waals surface area contributed by atoms with Crippen LogP contribution in [-0.2, 0) is 0 Å². The van der Waals surface area contributed by atoms with Crippen LogP contribution in [0.4, 0.5) is 0 Å². The maximum absolute atomic E-state index is 5.81. The van der Waals surface area contributed by atoms with E-state index < -0.39 is 0 Å². The maximum Gasteiger partial charge on any atom is 0.227 e. The molecule has 2 N–H and O–H groups in total. The Morgan fingerprint density at radius 3 is 2.20 bits per heavy atom. The molecule has 0 unspecified atom stereocenters. The number of hydrogen-bond acceptors (Lipinski definition) is 3. The molecule has 0 spiro atoms. The number of halogens is 1. The van der Waals surface area contributed by atoms with Crippen LogP contribution in [0.15, 0.2) is 9.98 Å². The van der Waals surface area contributed by atoms with Gasteiger partial charge in [0.15, 0.2) is 0 Å². The highest BCUT2D eigenvalue weighted by molar-refractivity contribution is 6.28. The maximum atomic E-state index is 5.81. The Balaban J connectivity index is 3.29. The lowest BCUT2D eigenvalue weighted by Gasteiger charge is -1.98. The summed E-state index contributed by atoms with van der Waals surface area (Å²) in [7, 11) is 0. The Morgan fingerprint density at radius 2 is 1.67 bits per heavy atom. The fraction of sp³-hybridized carbons (Fsp3) is 0.667. The van der Waals surface area contributed by atoms with Crippen molar-refractivity contribution in [3.63, 3.8) is 0 Å². The third-order valence-electron chi connectivity index (χ3n) is 1.42. The molecule has 0 amide bonds. The van der Waals surface area contributed by atoms with Gasteiger partial charge in [-0.15, -0.1) is 0 Å². The Bertz CT molecular complexity index is 402. The van der Waals surface area contributed by atoms with Gasteiger partial charge in [0.1, 0.15) is 0 Å². The van der Waals surface area contributed by atoms with Gasteiger partial charge >= 0.3 is 0 Å². The average molecular weight is 230 g/mol. The lowest BCUT2D eigenvalue weighted by atomic mass is 10.4. The summed E-state index contributed by atoms with van der Waals surface area (Å²) in [5, 5.41) is 0.285. The number of nitrogens with one attached hydrogen (secondary N) is 2. The fourth-order valence-corrected chi connectivity index (χ4v) is 1.18. The summed E-state index contributed by atoms with van der Waals surface area (Å²) in [5.74, 6) is 0. The SMILES string of the molecule is CC(C)N=c1nc(Cl)[nH]c(=NC(C)C)[nH]1. The molecule has 5 nitrogen and oxygen atoms in total. The van der Waals surface area contributed by atoms with Crippen molar-refractivity contribution in [2.45, 2.75) is 39.8 Å². The topological polar surface area (TPSA) is 69.2 Å². The largest absolute Gasteiger partial charge is 0.301 e. The smallest absolute Gasteiger partial charge is 0.227 e. The first kappa shape index (κ1) is 12.0. The van der Waals surface area contributed by atoms with Crippen molar-refractivity contribution in [1.82, 2.24) is 15.0 Å². The van der Waals surface area contributed by atoms with Crippen LogP contribution in [0, 0.1) is 0 Å². The molecule has 0 saturated heterocycles. The molecular weight excluding hydrogens is 214 g/mol. The number of aromatic amines is 2. The molecule has 84 valence electrons. The van der Waals surface area contributed by atoms with E-state index in [1.807, 2.05) is 27.7 Å². The molecule has 0 aromatic carbocycles. The highest BCUT2D eigenvalue weighted by atomic mass is 35.5. The van der Waals surface area contributed by atoms with E-state index in [1.165, 1.54) is 0 Å². The van der Waals surface area contributed by atoms with Crippen molar-refractivity contribution < 1.29 is 0 Å². The van der Waals surface area contributed by atoms with Crippen LogP contribution in [0.25, 0.3) is 0 Å². The summed E-state index contributed by atoms with van der Waals surface area (Å²) in [5.41, 5.74) is 1.08. The lowest BCUT2D eigenvalue weighted by molar-refractivity contribution is 0.718. The summed E-state index contributed by atoms with van der Waals surface area (Å²) >= 11 is 5.81. The number of aromatic nitrogens is 3. The molecule has 0 bridgehead atoms. The van der Waals surface area contributed by atoms with Crippen molar-refractivity contribution in [3.8, 4) is 0 Å². The Hall–Kier alpha value is -1.10. The third-order valence-corrected chi connectivity index (χ3v) is 1.60. The first-order chi connectivity index (χ1) is 6.97. The van der Waals surface area contributed by atoms with Crippen molar-refractivity contribution in [3.05, 3.63) is 16.5 Å². The monoisotopic (exact) mass is 229 g/mol. The van der Waals surface area contributed by atoms with Crippen LogP contribution < -0.4 is 11.2 Å². The minimum absolute atomic E-state index is 0.166. The van der Waals surface area contributed by atoms with Crippen LogP contribution in [0.1, 0.15) is 27.7 Å². The van der Waals surface area contributed by atoms with Gasteiger partial charge in [0, 0.05) is 12.1 Å². The van der Waals surface area contributed by atoms with Gasteiger partial charge < -0.3 is 4.98 Å². The Labute approximate surface area is 93.4 Å². The second-order valence-electron chi connectivity index (χ2n) is 3.77.